The van der Waals surface area contributed by atoms with Gasteiger partial charge in [-0.1, -0.05) is 17.7 Å². The first-order chi connectivity index (χ1) is 7.00. The average Bonchev–Trinajstić information content (AvgIpc) is 2.17. The Hall–Kier alpha value is -1.55. The first-order valence-electron chi connectivity index (χ1n) is 4.36. The van der Waals surface area contributed by atoms with Gasteiger partial charge in [0.05, 0.1) is 0 Å². The van der Waals surface area contributed by atoms with E-state index in [2.05, 4.69) is 5.32 Å². The minimum Gasteiger partial charge on any atom is -0.368 e. The zero-order valence-corrected chi connectivity index (χ0v) is 8.91. The van der Waals surface area contributed by atoms with Crippen molar-refractivity contribution >= 4 is 23.4 Å². The maximum Gasteiger partial charge on any atom is 0.251 e. The first kappa shape index (κ1) is 11.5. The summed E-state index contributed by atoms with van der Waals surface area (Å²) in [7, 11) is 0. The minimum atomic E-state index is -0.698. The number of nitrogens with one attached hydrogen (secondary N) is 1. The van der Waals surface area contributed by atoms with Gasteiger partial charge in [-0.05, 0) is 25.1 Å². The lowest BCUT2D eigenvalue weighted by atomic mass is 10.2. The van der Waals surface area contributed by atoms with Crippen molar-refractivity contribution in [1.82, 2.24) is 5.32 Å². The number of carbonyl (C=O) groups excluding carboxylic acids is 2. The number of amides is 2. The fourth-order valence-corrected chi connectivity index (χ4v) is 1.17. The lowest BCUT2D eigenvalue weighted by molar-refractivity contribution is -0.119. The van der Waals surface area contributed by atoms with E-state index in [1.165, 1.54) is 13.0 Å². The van der Waals surface area contributed by atoms with Gasteiger partial charge >= 0.3 is 0 Å². The topological polar surface area (TPSA) is 72.2 Å². The molecule has 0 aliphatic carbocycles. The predicted octanol–water partition coefficient (Wildman–Crippen LogP) is 0.944. The summed E-state index contributed by atoms with van der Waals surface area (Å²) in [4.78, 5) is 22.2. The second-order valence-electron chi connectivity index (χ2n) is 3.11. The number of hydrogen-bond donors (Lipinski definition) is 2. The van der Waals surface area contributed by atoms with Crippen LogP contribution in [0.5, 0.6) is 0 Å². The number of primary amides is 1. The Morgan fingerprint density at radius 2 is 2.13 bits per heavy atom. The molecule has 1 aromatic carbocycles. The first-order valence-corrected chi connectivity index (χ1v) is 4.74. The standard InChI is InChI=1S/C10H11ClN2O2/c1-6(9(12)14)13-10(15)7-3-2-4-8(11)5-7/h2-6H,1H3,(H2,12,14)(H,13,15). The second kappa shape index (κ2) is 4.79. The van der Waals surface area contributed by atoms with Gasteiger partial charge < -0.3 is 11.1 Å². The van der Waals surface area contributed by atoms with Gasteiger partial charge in [0.1, 0.15) is 6.04 Å². The molecule has 1 aromatic rings. The van der Waals surface area contributed by atoms with Crippen LogP contribution in [0.25, 0.3) is 0 Å². The Morgan fingerprint density at radius 3 is 2.67 bits per heavy atom. The normalized spacial score (nSPS) is 11.9. The SMILES string of the molecule is CC(NC(=O)c1cccc(Cl)c1)C(N)=O. The summed E-state index contributed by atoms with van der Waals surface area (Å²) in [6.45, 7) is 1.52. The van der Waals surface area contributed by atoms with Crippen LogP contribution < -0.4 is 11.1 Å². The van der Waals surface area contributed by atoms with Gasteiger partial charge in [0, 0.05) is 10.6 Å². The molecule has 0 aliphatic heterocycles. The molecule has 0 fully saturated rings. The van der Waals surface area contributed by atoms with Gasteiger partial charge in [0.25, 0.3) is 5.91 Å². The number of benzene rings is 1. The molecule has 2 amide bonds. The third-order valence-electron chi connectivity index (χ3n) is 1.86. The zero-order valence-electron chi connectivity index (χ0n) is 8.16. The van der Waals surface area contributed by atoms with Gasteiger partial charge in [-0.2, -0.15) is 0 Å². The van der Waals surface area contributed by atoms with Crippen LogP contribution in [0.15, 0.2) is 24.3 Å². The van der Waals surface area contributed by atoms with Crippen LogP contribution in [0, 0.1) is 0 Å². The molecule has 15 heavy (non-hydrogen) atoms. The van der Waals surface area contributed by atoms with Crippen molar-refractivity contribution in [3.63, 3.8) is 0 Å². The van der Waals surface area contributed by atoms with E-state index >= 15 is 0 Å². The van der Waals surface area contributed by atoms with Crippen LogP contribution in [0.3, 0.4) is 0 Å². The quantitative estimate of drug-likeness (QED) is 0.805. The average molecular weight is 227 g/mol. The Bertz CT molecular complexity index is 393. The highest BCUT2D eigenvalue weighted by molar-refractivity contribution is 6.30. The Labute approximate surface area is 92.4 Å². The molecule has 5 heteroatoms. The molecule has 0 spiro atoms. The summed E-state index contributed by atoms with van der Waals surface area (Å²) in [5.41, 5.74) is 5.41. The van der Waals surface area contributed by atoms with Gasteiger partial charge in [-0.15, -0.1) is 0 Å². The van der Waals surface area contributed by atoms with Crippen molar-refractivity contribution in [2.75, 3.05) is 0 Å². The van der Waals surface area contributed by atoms with Crippen LogP contribution in [0.2, 0.25) is 5.02 Å². The highest BCUT2D eigenvalue weighted by Crippen LogP contribution is 2.10. The molecule has 4 nitrogen and oxygen atoms in total. The molecule has 80 valence electrons. The van der Waals surface area contributed by atoms with E-state index in [1.807, 2.05) is 0 Å². The Balaban J connectivity index is 2.73. The maximum atomic E-state index is 11.5. The van der Waals surface area contributed by atoms with Crippen LogP contribution in [-0.2, 0) is 4.79 Å². The molecule has 0 saturated heterocycles. The molecule has 1 unspecified atom stereocenters. The number of carbonyl (C=O) groups is 2. The summed E-state index contributed by atoms with van der Waals surface area (Å²) in [6.07, 6.45) is 0. The number of nitrogens with two attached hydrogens (primary N) is 1. The van der Waals surface area contributed by atoms with E-state index in [9.17, 15) is 9.59 Å². The zero-order chi connectivity index (χ0) is 11.4. The molecular formula is C10H11ClN2O2. The fraction of sp³-hybridized carbons (Fsp3) is 0.200. The van der Waals surface area contributed by atoms with Crippen molar-refractivity contribution in [3.8, 4) is 0 Å². The second-order valence-corrected chi connectivity index (χ2v) is 3.54. The summed E-state index contributed by atoms with van der Waals surface area (Å²) in [5.74, 6) is -0.950. The Morgan fingerprint density at radius 1 is 1.47 bits per heavy atom. The third-order valence-corrected chi connectivity index (χ3v) is 2.10. The number of halogens is 1. The van der Waals surface area contributed by atoms with E-state index in [1.54, 1.807) is 18.2 Å². The monoisotopic (exact) mass is 226 g/mol. The summed E-state index contributed by atoms with van der Waals surface area (Å²) in [5, 5.41) is 2.92. The molecular weight excluding hydrogens is 216 g/mol. The maximum absolute atomic E-state index is 11.5. The molecule has 0 radical (unpaired) electrons. The van der Waals surface area contributed by atoms with Crippen molar-refractivity contribution in [2.45, 2.75) is 13.0 Å². The van der Waals surface area contributed by atoms with Gasteiger partial charge in [-0.3, -0.25) is 9.59 Å². The van der Waals surface area contributed by atoms with Crippen molar-refractivity contribution < 1.29 is 9.59 Å². The Kier molecular flexibility index (Phi) is 3.68. The van der Waals surface area contributed by atoms with Crippen LogP contribution in [-0.4, -0.2) is 17.9 Å². The molecule has 0 bridgehead atoms. The summed E-state index contributed by atoms with van der Waals surface area (Å²) in [6, 6.07) is 5.75. The number of hydrogen-bond acceptors (Lipinski definition) is 2. The highest BCUT2D eigenvalue weighted by atomic mass is 35.5. The lowest BCUT2D eigenvalue weighted by Crippen LogP contribution is -2.42. The van der Waals surface area contributed by atoms with Gasteiger partial charge in [-0.25, -0.2) is 0 Å². The van der Waals surface area contributed by atoms with Crippen LogP contribution >= 0.6 is 11.6 Å². The molecule has 0 aromatic heterocycles. The molecule has 3 N–H and O–H groups in total. The van der Waals surface area contributed by atoms with Gasteiger partial charge in [0.15, 0.2) is 0 Å². The molecule has 0 aliphatic rings. The van der Waals surface area contributed by atoms with Crippen LogP contribution in [0.4, 0.5) is 0 Å². The number of rotatable bonds is 3. The van der Waals surface area contributed by atoms with Gasteiger partial charge in [0.2, 0.25) is 5.91 Å². The van der Waals surface area contributed by atoms with E-state index < -0.39 is 11.9 Å². The van der Waals surface area contributed by atoms with E-state index in [0.717, 1.165) is 0 Å². The van der Waals surface area contributed by atoms with E-state index in [4.69, 9.17) is 17.3 Å². The molecule has 1 rings (SSSR count). The largest absolute Gasteiger partial charge is 0.368 e. The summed E-state index contributed by atoms with van der Waals surface area (Å²) < 4.78 is 0. The van der Waals surface area contributed by atoms with Crippen LogP contribution in [0.1, 0.15) is 17.3 Å². The molecule has 0 heterocycles. The summed E-state index contributed by atoms with van der Waals surface area (Å²) >= 11 is 5.72. The third kappa shape index (κ3) is 3.25. The van der Waals surface area contributed by atoms with Crippen molar-refractivity contribution in [1.29, 1.82) is 0 Å². The fourth-order valence-electron chi connectivity index (χ4n) is 0.981. The van der Waals surface area contributed by atoms with Crippen molar-refractivity contribution in [2.24, 2.45) is 5.73 Å². The smallest absolute Gasteiger partial charge is 0.251 e. The lowest BCUT2D eigenvalue weighted by Gasteiger charge is -2.09. The minimum absolute atomic E-state index is 0.371. The molecule has 1 atom stereocenters. The predicted molar refractivity (Wildman–Crippen MR) is 57.6 cm³/mol. The van der Waals surface area contributed by atoms with E-state index in [0.29, 0.717) is 10.6 Å². The van der Waals surface area contributed by atoms with E-state index in [-0.39, 0.29) is 5.91 Å². The molecule has 0 saturated carbocycles. The van der Waals surface area contributed by atoms with Crippen molar-refractivity contribution in [3.05, 3.63) is 34.9 Å². The highest BCUT2D eigenvalue weighted by Gasteiger charge is 2.13.